The maximum absolute atomic E-state index is 7.32. The van der Waals surface area contributed by atoms with Crippen molar-refractivity contribution in [1.29, 1.82) is 5.26 Å². The van der Waals surface area contributed by atoms with E-state index in [4.69, 9.17) is 16.7 Å². The van der Waals surface area contributed by atoms with Gasteiger partial charge in [-0.05, 0) is 11.1 Å². The summed E-state index contributed by atoms with van der Waals surface area (Å²) in [6.45, 7) is 14.7. The second-order valence-corrected chi connectivity index (χ2v) is 3.60. The number of rotatable bonds is 2. The van der Waals surface area contributed by atoms with E-state index in [0.717, 1.165) is 0 Å². The first-order valence-electron chi connectivity index (χ1n) is 9.07. The van der Waals surface area contributed by atoms with Gasteiger partial charge in [0.2, 0.25) is 0 Å². The molecule has 0 aliphatic heterocycles. The van der Waals surface area contributed by atoms with Crippen LogP contribution in [0.15, 0.2) is 60.7 Å². The summed E-state index contributed by atoms with van der Waals surface area (Å²) in [4.78, 5) is 0. The number of nitrogens with two attached hydrogens (primary N) is 2. The molecule has 0 saturated heterocycles. The minimum absolute atomic E-state index is 0.640. The Morgan fingerprint density at radius 2 is 0.840 bits per heavy atom. The molecule has 142 valence electrons. The summed E-state index contributed by atoms with van der Waals surface area (Å²) in [5.74, 6) is 0. The third-order valence-corrected chi connectivity index (χ3v) is 2.16. The van der Waals surface area contributed by atoms with E-state index in [1.165, 1.54) is 18.1 Å². The lowest BCUT2D eigenvalue weighted by Crippen LogP contribution is -1.94. The topological polar surface area (TPSA) is 75.8 Å². The van der Waals surface area contributed by atoms with Gasteiger partial charge in [0, 0.05) is 20.0 Å². The summed E-state index contributed by atoms with van der Waals surface area (Å²) in [6, 6.07) is 21.7. The highest BCUT2D eigenvalue weighted by Gasteiger charge is 1.80. The quantitative estimate of drug-likeness (QED) is 0.711. The zero-order valence-corrected chi connectivity index (χ0v) is 17.3. The van der Waals surface area contributed by atoms with E-state index in [9.17, 15) is 0 Å². The normalized spacial score (nSPS) is 6.88. The van der Waals surface area contributed by atoms with Crippen molar-refractivity contribution < 1.29 is 0 Å². The molecule has 0 aromatic heterocycles. The maximum atomic E-state index is 7.32. The van der Waals surface area contributed by atoms with Crippen LogP contribution in [0.3, 0.4) is 0 Å². The molecule has 0 fully saturated rings. The van der Waals surface area contributed by atoms with E-state index >= 15 is 0 Å². The highest BCUT2D eigenvalue weighted by atomic mass is 14.5. The minimum Gasteiger partial charge on any atom is -0.326 e. The largest absolute Gasteiger partial charge is 0.326 e. The number of nitrogens with zero attached hydrogens (tertiary/aromatic N) is 1. The van der Waals surface area contributed by atoms with Crippen LogP contribution >= 0.6 is 0 Å². The van der Waals surface area contributed by atoms with Crippen molar-refractivity contribution in [3.05, 3.63) is 71.8 Å². The predicted molar refractivity (Wildman–Crippen MR) is 114 cm³/mol. The van der Waals surface area contributed by atoms with Crippen LogP contribution in [-0.4, -0.2) is 0 Å². The highest BCUT2D eigenvalue weighted by molar-refractivity contribution is 5.14. The SMILES string of the molecule is CC.CC.CC.CC#N.NCc1ccccc1.NCc1ccccc1. The van der Waals surface area contributed by atoms with Crippen LogP contribution in [0, 0.1) is 11.3 Å². The molecule has 0 unspecified atom stereocenters. The number of benzene rings is 2. The zero-order valence-electron chi connectivity index (χ0n) is 17.3. The van der Waals surface area contributed by atoms with Crippen LogP contribution < -0.4 is 11.5 Å². The predicted octanol–water partition coefficient (Wildman–Crippen LogP) is 5.90. The first-order valence-corrected chi connectivity index (χ1v) is 9.07. The van der Waals surface area contributed by atoms with Crippen LogP contribution in [0.2, 0.25) is 0 Å². The number of hydrogen-bond donors (Lipinski definition) is 2. The summed E-state index contributed by atoms with van der Waals surface area (Å²) in [7, 11) is 0. The Hall–Kier alpha value is -2.15. The standard InChI is InChI=1S/2C7H9N.C2H3N.3C2H6/c2*8-6-7-4-2-1-3-5-7;1-2-3;3*1-2/h2*1-5H,6,8H2;1H3;3*1-2H3. The van der Waals surface area contributed by atoms with Crippen LogP contribution in [0.5, 0.6) is 0 Å². The second kappa shape index (κ2) is 33.5. The van der Waals surface area contributed by atoms with Gasteiger partial charge in [-0.3, -0.25) is 0 Å². The maximum Gasteiger partial charge on any atom is 0.0587 e. The van der Waals surface area contributed by atoms with E-state index < -0.39 is 0 Å². The van der Waals surface area contributed by atoms with Gasteiger partial charge < -0.3 is 11.5 Å². The molecule has 2 aromatic rings. The molecule has 2 rings (SSSR count). The molecule has 0 heterocycles. The molecule has 0 amide bonds. The second-order valence-electron chi connectivity index (χ2n) is 3.60. The molecular formula is C22H39N3. The van der Waals surface area contributed by atoms with Crippen LogP contribution in [0.4, 0.5) is 0 Å². The molecule has 0 saturated carbocycles. The van der Waals surface area contributed by atoms with Gasteiger partial charge in [-0.15, -0.1) is 0 Å². The molecule has 0 aliphatic rings. The summed E-state index contributed by atoms with van der Waals surface area (Å²) in [5.41, 5.74) is 13.1. The van der Waals surface area contributed by atoms with Crippen molar-refractivity contribution >= 4 is 0 Å². The van der Waals surface area contributed by atoms with Crippen molar-refractivity contribution in [2.24, 2.45) is 11.5 Å². The average molecular weight is 346 g/mol. The molecule has 25 heavy (non-hydrogen) atoms. The highest BCUT2D eigenvalue weighted by Crippen LogP contribution is 1.94. The molecular weight excluding hydrogens is 306 g/mol. The first kappa shape index (κ1) is 30.7. The third kappa shape index (κ3) is 27.0. The van der Waals surface area contributed by atoms with Crippen molar-refractivity contribution in [2.75, 3.05) is 0 Å². The average Bonchev–Trinajstić information content (AvgIpc) is 2.74. The fourth-order valence-electron chi connectivity index (χ4n) is 1.23. The lowest BCUT2D eigenvalue weighted by molar-refractivity contribution is 1.07. The third-order valence-electron chi connectivity index (χ3n) is 2.16. The van der Waals surface area contributed by atoms with Gasteiger partial charge in [-0.2, -0.15) is 5.26 Å². The van der Waals surface area contributed by atoms with Gasteiger partial charge >= 0.3 is 0 Å². The minimum atomic E-state index is 0.640. The van der Waals surface area contributed by atoms with Crippen LogP contribution in [0.1, 0.15) is 59.6 Å². The molecule has 0 radical (unpaired) electrons. The van der Waals surface area contributed by atoms with E-state index in [2.05, 4.69) is 0 Å². The van der Waals surface area contributed by atoms with Gasteiger partial charge in [0.1, 0.15) is 0 Å². The van der Waals surface area contributed by atoms with Crippen LogP contribution in [-0.2, 0) is 13.1 Å². The fraction of sp³-hybridized carbons (Fsp3) is 0.409. The smallest absolute Gasteiger partial charge is 0.0587 e. The number of hydrogen-bond acceptors (Lipinski definition) is 3. The van der Waals surface area contributed by atoms with Crippen molar-refractivity contribution in [2.45, 2.75) is 61.6 Å². The Labute approximate surface area is 156 Å². The molecule has 0 spiro atoms. The fourth-order valence-corrected chi connectivity index (χ4v) is 1.23. The molecule has 3 nitrogen and oxygen atoms in total. The molecule has 2 aromatic carbocycles. The van der Waals surface area contributed by atoms with Crippen molar-refractivity contribution in [1.82, 2.24) is 0 Å². The summed E-state index contributed by atoms with van der Waals surface area (Å²) < 4.78 is 0. The van der Waals surface area contributed by atoms with Crippen LogP contribution in [0.25, 0.3) is 0 Å². The summed E-state index contributed by atoms with van der Waals surface area (Å²) >= 11 is 0. The molecule has 0 aliphatic carbocycles. The molecule has 0 atom stereocenters. The van der Waals surface area contributed by atoms with E-state index in [0.29, 0.717) is 13.1 Å². The Morgan fingerprint density at radius 3 is 0.960 bits per heavy atom. The lowest BCUT2D eigenvalue weighted by atomic mass is 10.2. The van der Waals surface area contributed by atoms with Gasteiger partial charge in [0.05, 0.1) is 6.07 Å². The van der Waals surface area contributed by atoms with Gasteiger partial charge in [-0.1, -0.05) is 102 Å². The monoisotopic (exact) mass is 345 g/mol. The Balaban J connectivity index is -0.000000122. The summed E-state index contributed by atoms with van der Waals surface area (Å²) in [6.07, 6.45) is 0. The molecule has 3 heteroatoms. The lowest BCUT2D eigenvalue weighted by Gasteiger charge is -1.90. The first-order chi connectivity index (χ1) is 12.3. The van der Waals surface area contributed by atoms with E-state index in [1.54, 1.807) is 6.07 Å². The van der Waals surface area contributed by atoms with E-state index in [-0.39, 0.29) is 0 Å². The van der Waals surface area contributed by atoms with Crippen molar-refractivity contribution in [3.8, 4) is 6.07 Å². The van der Waals surface area contributed by atoms with E-state index in [1.807, 2.05) is 102 Å². The van der Waals surface area contributed by atoms with Gasteiger partial charge in [0.25, 0.3) is 0 Å². The van der Waals surface area contributed by atoms with Gasteiger partial charge in [0.15, 0.2) is 0 Å². The Morgan fingerprint density at radius 1 is 0.640 bits per heavy atom. The molecule has 4 N–H and O–H groups in total. The number of nitriles is 1. The molecule has 0 bridgehead atoms. The Bertz CT molecular complexity index is 408. The van der Waals surface area contributed by atoms with Crippen molar-refractivity contribution in [3.63, 3.8) is 0 Å². The summed E-state index contributed by atoms with van der Waals surface area (Å²) in [5, 5.41) is 7.32. The zero-order chi connectivity index (χ0) is 20.3. The Kier molecular flexibility index (Phi) is 41.1. The van der Waals surface area contributed by atoms with Gasteiger partial charge in [-0.25, -0.2) is 0 Å².